The first-order valence-electron chi connectivity index (χ1n) is 3.91. The summed E-state index contributed by atoms with van der Waals surface area (Å²) < 4.78 is 18.5. The zero-order valence-corrected chi connectivity index (χ0v) is 8.67. The van der Waals surface area contributed by atoms with Crippen LogP contribution < -0.4 is 0 Å². The fourth-order valence-corrected chi connectivity index (χ4v) is 4.02. The highest BCUT2D eigenvalue weighted by atomic mass is 32.2. The summed E-state index contributed by atoms with van der Waals surface area (Å²) in [5, 5.41) is 0.431. The van der Waals surface area contributed by atoms with Crippen LogP contribution in [0.1, 0.15) is 19.8 Å². The van der Waals surface area contributed by atoms with Gasteiger partial charge in [-0.1, -0.05) is 11.8 Å². The van der Waals surface area contributed by atoms with Crippen LogP contribution in [0.5, 0.6) is 0 Å². The molecule has 0 unspecified atom stereocenters. The number of carbonyl (C=O) groups is 1. The van der Waals surface area contributed by atoms with E-state index >= 15 is 0 Å². The maximum atomic E-state index is 11.2. The minimum Gasteiger partial charge on any atom is -0.288 e. The largest absolute Gasteiger partial charge is 0.288 e. The van der Waals surface area contributed by atoms with Gasteiger partial charge in [-0.3, -0.25) is 9.57 Å². The highest BCUT2D eigenvalue weighted by Crippen LogP contribution is 2.24. The molecular weight excluding hydrogens is 194 g/mol. The molecule has 0 spiro atoms. The normalized spacial score (nSPS) is 36.2. The van der Waals surface area contributed by atoms with Crippen LogP contribution in [0, 0.1) is 4.78 Å². The van der Waals surface area contributed by atoms with Crippen molar-refractivity contribution < 1.29 is 9.00 Å². The van der Waals surface area contributed by atoms with Crippen molar-refractivity contribution in [2.75, 3.05) is 11.5 Å². The lowest BCUT2D eigenvalue weighted by Crippen LogP contribution is -2.24. The molecule has 0 atom stereocenters. The average molecular weight is 207 g/mol. The maximum absolute atomic E-state index is 11.2. The van der Waals surface area contributed by atoms with E-state index in [0.29, 0.717) is 16.8 Å². The number of carbonyl (C=O) groups excluding carboxylic acids is 1. The smallest absolute Gasteiger partial charge is 0.186 e. The van der Waals surface area contributed by atoms with Crippen LogP contribution >= 0.6 is 11.8 Å². The van der Waals surface area contributed by atoms with Gasteiger partial charge in [0, 0.05) is 33.4 Å². The molecule has 0 aromatic heterocycles. The molecule has 1 heterocycles. The summed E-state index contributed by atoms with van der Waals surface area (Å²) in [7, 11) is -2.28. The average Bonchev–Trinajstić information content (AvgIpc) is 1.93. The lowest BCUT2D eigenvalue weighted by atomic mass is 10.2. The number of hydrogen-bond acceptors (Lipinski definition) is 4. The second-order valence-corrected chi connectivity index (χ2v) is 6.95. The van der Waals surface area contributed by atoms with Crippen molar-refractivity contribution in [3.63, 3.8) is 0 Å². The van der Waals surface area contributed by atoms with Crippen molar-refractivity contribution in [3.05, 3.63) is 0 Å². The third kappa shape index (κ3) is 3.15. The molecule has 1 saturated heterocycles. The zero-order chi connectivity index (χ0) is 9.19. The lowest BCUT2D eigenvalue weighted by Gasteiger charge is -2.21. The van der Waals surface area contributed by atoms with Gasteiger partial charge in [-0.25, -0.2) is 4.21 Å². The Balaban J connectivity index is 2.41. The van der Waals surface area contributed by atoms with Gasteiger partial charge in [0.15, 0.2) is 5.12 Å². The molecule has 0 amide bonds. The van der Waals surface area contributed by atoms with Crippen molar-refractivity contribution in [3.8, 4) is 0 Å². The summed E-state index contributed by atoms with van der Waals surface area (Å²) in [6.45, 7) is 1.55. The third-order valence-electron chi connectivity index (χ3n) is 1.87. The molecule has 1 N–H and O–H groups in total. The first-order valence-corrected chi connectivity index (χ1v) is 6.68. The third-order valence-corrected chi connectivity index (χ3v) is 4.80. The summed E-state index contributed by atoms with van der Waals surface area (Å²) in [6, 6.07) is 0. The fourth-order valence-electron chi connectivity index (χ4n) is 1.24. The fraction of sp³-hybridized carbons (Fsp3) is 0.857. The summed E-state index contributed by atoms with van der Waals surface area (Å²) in [4.78, 5) is 10.7. The highest BCUT2D eigenvalue weighted by molar-refractivity contribution is 8.14. The van der Waals surface area contributed by atoms with E-state index in [9.17, 15) is 9.00 Å². The van der Waals surface area contributed by atoms with Crippen molar-refractivity contribution in [1.82, 2.24) is 0 Å². The molecule has 1 aliphatic rings. The van der Waals surface area contributed by atoms with Crippen LogP contribution in [0.15, 0.2) is 0 Å². The first-order chi connectivity index (χ1) is 5.49. The summed E-state index contributed by atoms with van der Waals surface area (Å²) in [6.07, 6.45) is 1.51. The van der Waals surface area contributed by atoms with Gasteiger partial charge in [-0.2, -0.15) is 0 Å². The summed E-state index contributed by atoms with van der Waals surface area (Å²) >= 11 is 1.33. The number of hydrogen-bond donors (Lipinski definition) is 1. The van der Waals surface area contributed by atoms with Gasteiger partial charge in [-0.15, -0.1) is 0 Å². The number of nitrogens with one attached hydrogen (secondary N) is 1. The Kier molecular flexibility index (Phi) is 3.17. The minimum atomic E-state index is -2.28. The molecule has 0 aliphatic carbocycles. The standard InChI is InChI=1S/C7H13NO2S2/c1-6(9)11-7-2-4-12(8,10)5-3-7/h7-8H,2-5H2,1H3. The Morgan fingerprint density at radius 1 is 1.50 bits per heavy atom. The van der Waals surface area contributed by atoms with E-state index in [2.05, 4.69) is 0 Å². The van der Waals surface area contributed by atoms with Crippen LogP contribution in [-0.2, 0) is 14.5 Å². The van der Waals surface area contributed by atoms with E-state index in [1.807, 2.05) is 0 Å². The lowest BCUT2D eigenvalue weighted by molar-refractivity contribution is -0.109. The van der Waals surface area contributed by atoms with Gasteiger partial charge in [-0.05, 0) is 12.8 Å². The highest BCUT2D eigenvalue weighted by Gasteiger charge is 2.22. The Morgan fingerprint density at radius 3 is 2.42 bits per heavy atom. The van der Waals surface area contributed by atoms with E-state index in [4.69, 9.17) is 4.78 Å². The van der Waals surface area contributed by atoms with Crippen molar-refractivity contribution in [2.45, 2.75) is 25.0 Å². The van der Waals surface area contributed by atoms with E-state index < -0.39 is 9.73 Å². The van der Waals surface area contributed by atoms with E-state index in [1.54, 1.807) is 6.92 Å². The van der Waals surface area contributed by atoms with Gasteiger partial charge in [0.2, 0.25) is 0 Å². The van der Waals surface area contributed by atoms with Crippen LogP contribution in [0.3, 0.4) is 0 Å². The van der Waals surface area contributed by atoms with E-state index in [0.717, 1.165) is 12.8 Å². The van der Waals surface area contributed by atoms with Crippen molar-refractivity contribution in [1.29, 1.82) is 4.78 Å². The zero-order valence-electron chi connectivity index (χ0n) is 7.04. The molecule has 70 valence electrons. The molecule has 1 rings (SSSR count). The second kappa shape index (κ2) is 3.79. The van der Waals surface area contributed by atoms with Gasteiger partial charge in [0.1, 0.15) is 0 Å². The Bertz CT molecular complexity index is 257. The molecule has 3 nitrogen and oxygen atoms in total. The minimum absolute atomic E-state index is 0.123. The SMILES string of the molecule is CC(=O)SC1CCS(=N)(=O)CC1. The van der Waals surface area contributed by atoms with Gasteiger partial charge in [0.05, 0.1) is 0 Å². The van der Waals surface area contributed by atoms with Crippen LogP contribution in [-0.4, -0.2) is 26.1 Å². The quantitative estimate of drug-likeness (QED) is 0.708. The number of rotatable bonds is 1. The molecule has 0 aromatic rings. The molecular formula is C7H13NO2S2. The van der Waals surface area contributed by atoms with E-state index in [-0.39, 0.29) is 5.12 Å². The first kappa shape index (κ1) is 10.1. The second-order valence-electron chi connectivity index (χ2n) is 3.03. The molecule has 1 aliphatic heterocycles. The molecule has 5 heteroatoms. The Labute approximate surface area is 77.3 Å². The van der Waals surface area contributed by atoms with Crippen LogP contribution in [0.2, 0.25) is 0 Å². The molecule has 0 aromatic carbocycles. The Hall–Kier alpha value is -0.0300. The molecule has 12 heavy (non-hydrogen) atoms. The molecule has 0 bridgehead atoms. The van der Waals surface area contributed by atoms with E-state index in [1.165, 1.54) is 11.8 Å². The van der Waals surface area contributed by atoms with Crippen molar-refractivity contribution in [2.24, 2.45) is 0 Å². The van der Waals surface area contributed by atoms with Crippen LogP contribution in [0.25, 0.3) is 0 Å². The summed E-state index contributed by atoms with van der Waals surface area (Å²) in [5.74, 6) is 0.940. The maximum Gasteiger partial charge on any atom is 0.186 e. The predicted molar refractivity (Wildman–Crippen MR) is 51.9 cm³/mol. The topological polar surface area (TPSA) is 58.0 Å². The van der Waals surface area contributed by atoms with Gasteiger partial charge < -0.3 is 0 Å². The molecule has 1 fully saturated rings. The molecule has 0 radical (unpaired) electrons. The number of thioether (sulfide) groups is 1. The predicted octanol–water partition coefficient (Wildman–Crippen LogP) is 1.48. The van der Waals surface area contributed by atoms with Crippen molar-refractivity contribution >= 4 is 26.6 Å². The molecule has 0 saturated carbocycles. The monoisotopic (exact) mass is 207 g/mol. The Morgan fingerprint density at radius 2 is 2.00 bits per heavy atom. The van der Waals surface area contributed by atoms with Gasteiger partial charge in [0.25, 0.3) is 0 Å². The summed E-state index contributed by atoms with van der Waals surface area (Å²) in [5.41, 5.74) is 0. The van der Waals surface area contributed by atoms with Gasteiger partial charge >= 0.3 is 0 Å². The van der Waals surface area contributed by atoms with Crippen LogP contribution in [0.4, 0.5) is 0 Å².